The average molecular weight is 374 g/mol. The number of nitrogens with one attached hydrogen (secondary N) is 1. The molecule has 148 valence electrons. The van der Waals surface area contributed by atoms with Gasteiger partial charge in [-0.2, -0.15) is 0 Å². The minimum absolute atomic E-state index is 0.0361. The van der Waals surface area contributed by atoms with Gasteiger partial charge in [0.15, 0.2) is 0 Å². The molecule has 0 radical (unpaired) electrons. The Morgan fingerprint density at radius 2 is 2.15 bits per heavy atom. The second-order valence-corrected chi connectivity index (χ2v) is 6.90. The predicted octanol–water partition coefficient (Wildman–Crippen LogP) is 1.41. The van der Waals surface area contributed by atoms with Crippen molar-refractivity contribution in [1.29, 1.82) is 0 Å². The van der Waals surface area contributed by atoms with Gasteiger partial charge in [-0.25, -0.2) is 4.79 Å². The van der Waals surface area contributed by atoms with Gasteiger partial charge in [-0.3, -0.25) is 4.90 Å². The minimum atomic E-state index is -0.0361. The summed E-state index contributed by atoms with van der Waals surface area (Å²) in [4.78, 5) is 18.8. The summed E-state index contributed by atoms with van der Waals surface area (Å²) in [5, 5.41) is 2.84. The Bertz CT molecular complexity index is 631. The molecule has 0 aromatic heterocycles. The first kappa shape index (κ1) is 19.5. The largest absolute Gasteiger partial charge is 0.497 e. The van der Waals surface area contributed by atoms with Crippen molar-refractivity contribution < 1.29 is 14.3 Å². The second kappa shape index (κ2) is 9.62. The fourth-order valence-corrected chi connectivity index (χ4v) is 3.57. The highest BCUT2D eigenvalue weighted by Gasteiger charge is 2.27. The number of hydrogen-bond acceptors (Lipinski definition) is 5. The van der Waals surface area contributed by atoms with Crippen molar-refractivity contribution in [2.75, 3.05) is 71.0 Å². The summed E-state index contributed by atoms with van der Waals surface area (Å²) in [6, 6.07) is 8.17. The second-order valence-electron chi connectivity index (χ2n) is 6.90. The van der Waals surface area contributed by atoms with Crippen molar-refractivity contribution in [3.8, 4) is 5.75 Å². The molecule has 1 N–H and O–H groups in total. The van der Waals surface area contributed by atoms with Gasteiger partial charge in [-0.05, 0) is 12.1 Å². The molecule has 3 rings (SSSR count). The number of hydrogen-bond donors (Lipinski definition) is 1. The quantitative estimate of drug-likeness (QED) is 0.763. The number of urea groups is 1. The van der Waals surface area contributed by atoms with Crippen LogP contribution >= 0.6 is 0 Å². The highest BCUT2D eigenvalue weighted by atomic mass is 16.5. The number of benzene rings is 1. The summed E-state index contributed by atoms with van der Waals surface area (Å²) in [6.07, 6.45) is 1.76. The lowest BCUT2D eigenvalue weighted by Crippen LogP contribution is -2.54. The maximum atomic E-state index is 12.1. The molecule has 1 aromatic rings. The first-order chi connectivity index (χ1) is 13.2. The molecule has 0 unspecified atom stereocenters. The Morgan fingerprint density at radius 1 is 1.33 bits per heavy atom. The molecule has 27 heavy (non-hydrogen) atoms. The van der Waals surface area contributed by atoms with Crippen LogP contribution in [0.15, 0.2) is 36.9 Å². The van der Waals surface area contributed by atoms with E-state index in [-0.39, 0.29) is 12.1 Å². The van der Waals surface area contributed by atoms with Crippen molar-refractivity contribution in [1.82, 2.24) is 15.1 Å². The fraction of sp³-hybridized carbons (Fsp3) is 0.550. The number of piperazine rings is 1. The normalized spacial score (nSPS) is 21.0. The third-order valence-electron chi connectivity index (χ3n) is 5.08. The zero-order valence-corrected chi connectivity index (χ0v) is 16.1. The smallest absolute Gasteiger partial charge is 0.317 e. The van der Waals surface area contributed by atoms with Crippen molar-refractivity contribution >= 4 is 11.7 Å². The summed E-state index contributed by atoms with van der Waals surface area (Å²) < 4.78 is 11.2. The van der Waals surface area contributed by atoms with Gasteiger partial charge in [-0.15, -0.1) is 6.58 Å². The average Bonchev–Trinajstić information content (AvgIpc) is 2.73. The maximum absolute atomic E-state index is 12.1. The third kappa shape index (κ3) is 5.37. The Hall–Kier alpha value is -2.25. The predicted molar refractivity (Wildman–Crippen MR) is 107 cm³/mol. The molecular formula is C20H30N4O3. The number of methoxy groups -OCH3 is 1. The van der Waals surface area contributed by atoms with Gasteiger partial charge in [0, 0.05) is 64.1 Å². The van der Waals surface area contributed by atoms with Crippen LogP contribution in [0.5, 0.6) is 5.75 Å². The van der Waals surface area contributed by atoms with Crippen LogP contribution in [0.2, 0.25) is 0 Å². The fourth-order valence-electron chi connectivity index (χ4n) is 3.57. The van der Waals surface area contributed by atoms with Crippen LogP contribution in [0.1, 0.15) is 0 Å². The van der Waals surface area contributed by atoms with E-state index in [9.17, 15) is 4.79 Å². The van der Waals surface area contributed by atoms with Gasteiger partial charge in [0.2, 0.25) is 0 Å². The van der Waals surface area contributed by atoms with E-state index in [2.05, 4.69) is 33.8 Å². The molecule has 0 bridgehead atoms. The van der Waals surface area contributed by atoms with E-state index in [0.717, 1.165) is 38.5 Å². The van der Waals surface area contributed by atoms with Crippen LogP contribution in [0, 0.1) is 0 Å². The number of nitrogens with zero attached hydrogens (tertiary/aromatic N) is 3. The third-order valence-corrected chi connectivity index (χ3v) is 5.08. The number of carbonyl (C=O) groups excluding carboxylic acids is 1. The molecule has 7 heteroatoms. The highest BCUT2D eigenvalue weighted by molar-refractivity contribution is 5.74. The highest BCUT2D eigenvalue weighted by Crippen LogP contribution is 2.22. The standard InChI is InChI=1S/C20H30N4O3/c1-3-7-21-20(25)24-12-13-27-19(16-24)15-22-8-10-23(11-9-22)17-5-4-6-18(14-17)26-2/h3-6,14,19H,1,7-13,15-16H2,2H3,(H,21,25)/t19-/m1/s1. The molecule has 2 aliphatic heterocycles. The van der Waals surface area contributed by atoms with Crippen LogP contribution in [0.25, 0.3) is 0 Å². The molecule has 2 aliphatic rings. The van der Waals surface area contributed by atoms with E-state index in [1.807, 2.05) is 17.0 Å². The molecule has 1 aromatic carbocycles. The van der Waals surface area contributed by atoms with Crippen LogP contribution in [-0.2, 0) is 4.74 Å². The van der Waals surface area contributed by atoms with Gasteiger partial charge in [-0.1, -0.05) is 12.1 Å². The van der Waals surface area contributed by atoms with E-state index < -0.39 is 0 Å². The molecule has 2 amide bonds. The van der Waals surface area contributed by atoms with E-state index in [0.29, 0.717) is 26.2 Å². The van der Waals surface area contributed by atoms with Crippen LogP contribution in [0.3, 0.4) is 0 Å². The number of ether oxygens (including phenoxy) is 2. The maximum Gasteiger partial charge on any atom is 0.317 e. The summed E-state index contributed by atoms with van der Waals surface area (Å²) in [5.74, 6) is 0.889. The molecule has 1 atom stereocenters. The van der Waals surface area contributed by atoms with Gasteiger partial charge in [0.25, 0.3) is 0 Å². The van der Waals surface area contributed by atoms with Crippen molar-refractivity contribution in [3.63, 3.8) is 0 Å². The number of anilines is 1. The van der Waals surface area contributed by atoms with E-state index in [4.69, 9.17) is 9.47 Å². The van der Waals surface area contributed by atoms with E-state index >= 15 is 0 Å². The van der Waals surface area contributed by atoms with Crippen LogP contribution in [0.4, 0.5) is 10.5 Å². The van der Waals surface area contributed by atoms with Gasteiger partial charge >= 0.3 is 6.03 Å². The Morgan fingerprint density at radius 3 is 2.89 bits per heavy atom. The number of amides is 2. The molecule has 2 heterocycles. The minimum Gasteiger partial charge on any atom is -0.497 e. The van der Waals surface area contributed by atoms with E-state index in [1.54, 1.807) is 13.2 Å². The lowest BCUT2D eigenvalue weighted by molar-refractivity contribution is -0.0309. The molecule has 0 aliphatic carbocycles. The summed E-state index contributed by atoms with van der Waals surface area (Å²) >= 11 is 0. The number of morpholine rings is 1. The molecular weight excluding hydrogens is 344 g/mol. The van der Waals surface area contributed by atoms with Gasteiger partial charge in [0.05, 0.1) is 19.8 Å². The number of carbonyl (C=O) groups is 1. The Balaban J connectivity index is 1.46. The monoisotopic (exact) mass is 374 g/mol. The first-order valence-corrected chi connectivity index (χ1v) is 9.56. The lowest BCUT2D eigenvalue weighted by Gasteiger charge is -2.40. The van der Waals surface area contributed by atoms with Crippen molar-refractivity contribution in [3.05, 3.63) is 36.9 Å². The van der Waals surface area contributed by atoms with Crippen LogP contribution < -0.4 is 15.0 Å². The molecule has 0 spiro atoms. The molecule has 2 fully saturated rings. The molecule has 2 saturated heterocycles. The van der Waals surface area contributed by atoms with Gasteiger partial charge < -0.3 is 24.6 Å². The first-order valence-electron chi connectivity index (χ1n) is 9.56. The molecule has 0 saturated carbocycles. The zero-order valence-electron chi connectivity index (χ0n) is 16.1. The van der Waals surface area contributed by atoms with Crippen molar-refractivity contribution in [2.24, 2.45) is 0 Å². The summed E-state index contributed by atoms with van der Waals surface area (Å²) in [7, 11) is 1.70. The topological polar surface area (TPSA) is 57.3 Å². The SMILES string of the molecule is C=CCNC(=O)N1CCO[C@H](CN2CCN(c3cccc(OC)c3)CC2)C1. The zero-order chi connectivity index (χ0) is 19.1. The molecule has 7 nitrogen and oxygen atoms in total. The Labute approximate surface area is 161 Å². The Kier molecular flexibility index (Phi) is 6.95. The van der Waals surface area contributed by atoms with Gasteiger partial charge in [0.1, 0.15) is 5.75 Å². The van der Waals surface area contributed by atoms with Crippen LogP contribution in [-0.4, -0.2) is 88.0 Å². The van der Waals surface area contributed by atoms with E-state index in [1.165, 1.54) is 5.69 Å². The lowest BCUT2D eigenvalue weighted by atomic mass is 10.2. The summed E-state index contributed by atoms with van der Waals surface area (Å²) in [6.45, 7) is 10.8. The summed E-state index contributed by atoms with van der Waals surface area (Å²) in [5.41, 5.74) is 1.20. The number of rotatable bonds is 6. The van der Waals surface area contributed by atoms with Crippen molar-refractivity contribution in [2.45, 2.75) is 6.10 Å².